The summed E-state index contributed by atoms with van der Waals surface area (Å²) in [6, 6.07) is 3.75. The van der Waals surface area contributed by atoms with Crippen molar-refractivity contribution in [2.75, 3.05) is 37.7 Å². The molecule has 0 saturated carbocycles. The van der Waals surface area contributed by atoms with Gasteiger partial charge in [-0.3, -0.25) is 28.9 Å². The van der Waals surface area contributed by atoms with Gasteiger partial charge in [0.15, 0.2) is 0 Å². The summed E-state index contributed by atoms with van der Waals surface area (Å²) in [7, 11) is 0. The first-order valence-corrected chi connectivity index (χ1v) is 17.4. The quantitative estimate of drug-likeness (QED) is 0.0826. The molecule has 0 saturated heterocycles. The molecule has 48 heavy (non-hydrogen) atoms. The number of H-pyrrole nitrogens is 1. The molecule has 2 aromatic rings. The average Bonchev–Trinajstić information content (AvgIpc) is 3.45. The molecule has 16 heteroatoms. The largest absolute Gasteiger partial charge is 0.369 e. The first-order chi connectivity index (χ1) is 22.9. The number of nitrogens with one attached hydrogen (secondary N) is 5. The van der Waals surface area contributed by atoms with Crippen molar-refractivity contribution in [3.63, 3.8) is 0 Å². The number of carbonyl (C=O) groups is 6. The lowest BCUT2D eigenvalue weighted by Crippen LogP contribution is -2.57. The van der Waals surface area contributed by atoms with Crippen molar-refractivity contribution in [1.29, 1.82) is 0 Å². The number of primary amides is 1. The number of benzene rings is 1. The number of nitrogens with two attached hydrogens (primary N) is 3. The van der Waals surface area contributed by atoms with Gasteiger partial charge in [0.05, 0.1) is 18.3 Å². The molecular formula is C32H51N9O6S. The summed E-state index contributed by atoms with van der Waals surface area (Å²) in [4.78, 5) is 80.9. The molecule has 0 aliphatic carbocycles. The SMILES string of the molecule is CCCN(C(=O)N[C@@H](Cc1c[nH]c2ccccc12)C(=O)NCC(=O)N[C@@H](CC(C)C)C(=O)NCCSCC(N)=O)C(=O)[C@@H](N)CCCN. The van der Waals surface area contributed by atoms with Crippen molar-refractivity contribution in [2.45, 2.75) is 71.0 Å². The highest BCUT2D eigenvalue weighted by Gasteiger charge is 2.30. The van der Waals surface area contributed by atoms with Crippen molar-refractivity contribution < 1.29 is 28.8 Å². The summed E-state index contributed by atoms with van der Waals surface area (Å²) in [6.45, 7) is 5.89. The van der Waals surface area contributed by atoms with Crippen molar-refractivity contribution in [2.24, 2.45) is 23.1 Å². The predicted molar refractivity (Wildman–Crippen MR) is 187 cm³/mol. The minimum absolute atomic E-state index is 0.0583. The van der Waals surface area contributed by atoms with Crippen LogP contribution in [0.25, 0.3) is 10.9 Å². The average molecular weight is 690 g/mol. The van der Waals surface area contributed by atoms with E-state index in [0.717, 1.165) is 21.4 Å². The molecule has 7 amide bonds. The lowest BCUT2D eigenvalue weighted by molar-refractivity contribution is -0.131. The molecule has 0 aliphatic rings. The van der Waals surface area contributed by atoms with Crippen LogP contribution >= 0.6 is 11.8 Å². The third-order valence-electron chi connectivity index (χ3n) is 7.28. The van der Waals surface area contributed by atoms with Gasteiger partial charge in [0.1, 0.15) is 12.1 Å². The second-order valence-electron chi connectivity index (χ2n) is 11.9. The molecule has 1 aromatic heterocycles. The van der Waals surface area contributed by atoms with Gasteiger partial charge in [0.25, 0.3) is 0 Å². The lowest BCUT2D eigenvalue weighted by Gasteiger charge is -2.27. The van der Waals surface area contributed by atoms with Crippen LogP contribution in [-0.4, -0.2) is 101 Å². The van der Waals surface area contributed by atoms with Crippen LogP contribution in [0.3, 0.4) is 0 Å². The monoisotopic (exact) mass is 689 g/mol. The number of rotatable bonds is 21. The predicted octanol–water partition coefficient (Wildman–Crippen LogP) is 0.0752. The summed E-state index contributed by atoms with van der Waals surface area (Å²) < 4.78 is 0. The highest BCUT2D eigenvalue weighted by atomic mass is 32.2. The van der Waals surface area contributed by atoms with E-state index < -0.39 is 60.2 Å². The van der Waals surface area contributed by atoms with Crippen LogP contribution in [0.4, 0.5) is 4.79 Å². The zero-order valence-electron chi connectivity index (χ0n) is 28.0. The number of amides is 7. The van der Waals surface area contributed by atoms with Gasteiger partial charge in [0.2, 0.25) is 29.5 Å². The van der Waals surface area contributed by atoms with Crippen LogP contribution < -0.4 is 38.5 Å². The fraction of sp³-hybridized carbons (Fsp3) is 0.562. The summed E-state index contributed by atoms with van der Waals surface area (Å²) in [5, 5.41) is 11.5. The zero-order valence-corrected chi connectivity index (χ0v) is 28.8. The number of hydrogen-bond acceptors (Lipinski definition) is 9. The second kappa shape index (κ2) is 21.0. The number of hydrogen-bond donors (Lipinski definition) is 8. The van der Waals surface area contributed by atoms with E-state index >= 15 is 0 Å². The van der Waals surface area contributed by atoms with Crippen molar-refractivity contribution in [1.82, 2.24) is 31.2 Å². The molecule has 1 heterocycles. The molecule has 266 valence electrons. The smallest absolute Gasteiger partial charge is 0.324 e. The Bertz CT molecular complexity index is 1380. The van der Waals surface area contributed by atoms with E-state index in [9.17, 15) is 28.8 Å². The normalized spacial score (nSPS) is 13.0. The van der Waals surface area contributed by atoms with Gasteiger partial charge in [-0.1, -0.05) is 39.0 Å². The molecular weight excluding hydrogens is 638 g/mol. The molecule has 15 nitrogen and oxygen atoms in total. The lowest BCUT2D eigenvalue weighted by atomic mass is 10.0. The van der Waals surface area contributed by atoms with E-state index in [1.54, 1.807) is 6.20 Å². The molecule has 3 atom stereocenters. The maximum absolute atomic E-state index is 13.5. The third kappa shape index (κ3) is 13.5. The second-order valence-corrected chi connectivity index (χ2v) is 13.0. The molecule has 0 unspecified atom stereocenters. The molecule has 0 aliphatic heterocycles. The summed E-state index contributed by atoms with van der Waals surface area (Å²) in [5.74, 6) is -1.98. The molecule has 0 bridgehead atoms. The molecule has 0 fully saturated rings. The first-order valence-electron chi connectivity index (χ1n) is 16.2. The van der Waals surface area contributed by atoms with Crippen LogP contribution in [0.1, 0.15) is 52.0 Å². The fourth-order valence-electron chi connectivity index (χ4n) is 4.93. The standard InChI is InChI=1S/C32H51N9O6S/c1-4-13-41(31(46)23(34)9-7-11-33)32(47)40-26(16-21-17-37-24-10-6-5-8-22(21)24)30(45)38-18-28(43)39-25(15-20(2)3)29(44)36-12-14-48-19-27(35)42/h5-6,8,10,17,20,23,25-26,37H,4,7,9,11-16,18-19,33-34H2,1-3H3,(H2,35,42)(H,36,44)(H,38,45)(H,39,43)(H,40,47)/t23-,25-,26-/m0/s1. The molecule has 2 rings (SSSR count). The summed E-state index contributed by atoms with van der Waals surface area (Å²) in [5.41, 5.74) is 18.3. The van der Waals surface area contributed by atoms with Gasteiger partial charge in [-0.25, -0.2) is 4.79 Å². The van der Waals surface area contributed by atoms with Crippen molar-refractivity contribution >= 4 is 58.2 Å². The van der Waals surface area contributed by atoms with Gasteiger partial charge in [-0.15, -0.1) is 0 Å². The molecule has 1 aromatic carbocycles. The van der Waals surface area contributed by atoms with E-state index in [1.165, 1.54) is 11.8 Å². The van der Waals surface area contributed by atoms with Crippen LogP contribution in [0.5, 0.6) is 0 Å². The van der Waals surface area contributed by atoms with E-state index in [-0.39, 0.29) is 31.2 Å². The third-order valence-corrected chi connectivity index (χ3v) is 8.26. The maximum Gasteiger partial charge on any atom is 0.324 e. The Balaban J connectivity index is 2.16. The molecule has 0 radical (unpaired) electrons. The Kier molecular flexibility index (Phi) is 17.5. The number of fused-ring (bicyclic) bond motifs is 1. The number of thioether (sulfide) groups is 1. The van der Waals surface area contributed by atoms with E-state index in [4.69, 9.17) is 17.2 Å². The van der Waals surface area contributed by atoms with Crippen LogP contribution in [0.15, 0.2) is 30.5 Å². The summed E-state index contributed by atoms with van der Waals surface area (Å²) >= 11 is 1.28. The minimum Gasteiger partial charge on any atom is -0.369 e. The molecule has 0 spiro atoms. The number of nitrogens with zero attached hydrogens (tertiary/aromatic N) is 1. The maximum atomic E-state index is 13.5. The van der Waals surface area contributed by atoms with Crippen molar-refractivity contribution in [3.8, 4) is 0 Å². The van der Waals surface area contributed by atoms with Crippen LogP contribution in [-0.2, 0) is 30.4 Å². The Labute approximate surface area is 285 Å². The van der Waals surface area contributed by atoms with Gasteiger partial charge in [-0.2, -0.15) is 11.8 Å². The van der Waals surface area contributed by atoms with Gasteiger partial charge < -0.3 is 43.5 Å². The zero-order chi connectivity index (χ0) is 35.6. The van der Waals surface area contributed by atoms with E-state index in [1.807, 2.05) is 45.0 Å². The van der Waals surface area contributed by atoms with Gasteiger partial charge >= 0.3 is 6.03 Å². The van der Waals surface area contributed by atoms with Crippen LogP contribution in [0, 0.1) is 5.92 Å². The number of aromatic amines is 1. The van der Waals surface area contributed by atoms with E-state index in [0.29, 0.717) is 38.0 Å². The highest BCUT2D eigenvalue weighted by molar-refractivity contribution is 7.99. The van der Waals surface area contributed by atoms with Gasteiger partial charge in [-0.05, 0) is 49.8 Å². The fourth-order valence-corrected chi connectivity index (χ4v) is 5.53. The Morgan fingerprint density at radius 3 is 2.38 bits per heavy atom. The Morgan fingerprint density at radius 1 is 1.00 bits per heavy atom. The highest BCUT2D eigenvalue weighted by Crippen LogP contribution is 2.19. The Hall–Kier alpha value is -4.15. The van der Waals surface area contributed by atoms with Gasteiger partial charge in [0, 0.05) is 42.4 Å². The van der Waals surface area contributed by atoms with E-state index in [2.05, 4.69) is 26.3 Å². The number of carbonyl (C=O) groups excluding carboxylic acids is 6. The first kappa shape index (κ1) is 40.0. The number of aromatic nitrogens is 1. The molecule has 11 N–H and O–H groups in total. The van der Waals surface area contributed by atoms with Crippen LogP contribution in [0.2, 0.25) is 0 Å². The number of imide groups is 1. The summed E-state index contributed by atoms with van der Waals surface area (Å²) in [6.07, 6.45) is 3.44. The topological polar surface area (TPSA) is 248 Å². The number of urea groups is 1. The Morgan fingerprint density at radius 2 is 1.71 bits per heavy atom. The van der Waals surface area contributed by atoms with Crippen molar-refractivity contribution in [3.05, 3.63) is 36.0 Å². The minimum atomic E-state index is -1.16. The number of para-hydroxylation sites is 1.